The minimum absolute atomic E-state index is 0.0705. The van der Waals surface area contributed by atoms with Crippen LogP contribution >= 0.6 is 15.9 Å². The molecule has 0 fully saturated rings. The van der Waals surface area contributed by atoms with Gasteiger partial charge in [-0.1, -0.05) is 39.0 Å². The van der Waals surface area contributed by atoms with E-state index >= 15 is 0 Å². The quantitative estimate of drug-likeness (QED) is 0.555. The molecular formula is C22H26BrNO4. The van der Waals surface area contributed by atoms with Gasteiger partial charge in [-0.25, -0.2) is 0 Å². The molecule has 0 spiro atoms. The first-order valence-corrected chi connectivity index (χ1v) is 10.1. The summed E-state index contributed by atoms with van der Waals surface area (Å²) >= 11 is 3.50. The summed E-state index contributed by atoms with van der Waals surface area (Å²) in [6, 6.07) is 13.1. The molecule has 150 valence electrons. The van der Waals surface area contributed by atoms with E-state index < -0.39 is 12.1 Å². The van der Waals surface area contributed by atoms with Crippen LogP contribution in [0.5, 0.6) is 5.75 Å². The second-order valence-electron chi connectivity index (χ2n) is 7.21. The Labute approximate surface area is 174 Å². The second-order valence-corrected chi connectivity index (χ2v) is 8.07. The highest BCUT2D eigenvalue weighted by molar-refractivity contribution is 9.10. The van der Waals surface area contributed by atoms with Crippen LogP contribution in [0, 0.1) is 0 Å². The highest BCUT2D eigenvalue weighted by atomic mass is 79.9. The number of carbonyl (C=O) groups excluding carboxylic acids is 1. The molecule has 6 heteroatoms. The van der Waals surface area contributed by atoms with Crippen molar-refractivity contribution in [1.82, 2.24) is 0 Å². The number of amides is 1. The molecule has 2 rings (SSSR count). The summed E-state index contributed by atoms with van der Waals surface area (Å²) < 4.78 is 6.61. The van der Waals surface area contributed by atoms with Crippen molar-refractivity contribution in [3.05, 3.63) is 58.1 Å². The number of nitrogens with one attached hydrogen (secondary N) is 1. The van der Waals surface area contributed by atoms with Gasteiger partial charge in [0, 0.05) is 5.69 Å². The van der Waals surface area contributed by atoms with E-state index in [-0.39, 0.29) is 18.2 Å². The van der Waals surface area contributed by atoms with Crippen LogP contribution < -0.4 is 10.1 Å². The SMILES string of the molecule is CC(Oc1ccc(C(C)C)cc1Br)C(=O)Nc1ccc(C(C)CC(=O)O)cc1. The maximum Gasteiger partial charge on any atom is 0.303 e. The zero-order valence-corrected chi connectivity index (χ0v) is 18.1. The van der Waals surface area contributed by atoms with Crippen molar-refractivity contribution in [1.29, 1.82) is 0 Å². The normalized spacial score (nSPS) is 13.1. The minimum Gasteiger partial charge on any atom is -0.481 e. The van der Waals surface area contributed by atoms with Crippen molar-refractivity contribution in [3.63, 3.8) is 0 Å². The molecule has 0 aliphatic heterocycles. The van der Waals surface area contributed by atoms with Crippen molar-refractivity contribution in [3.8, 4) is 5.75 Å². The molecule has 28 heavy (non-hydrogen) atoms. The average Bonchev–Trinajstić information content (AvgIpc) is 2.63. The van der Waals surface area contributed by atoms with Crippen LogP contribution in [0.4, 0.5) is 5.69 Å². The van der Waals surface area contributed by atoms with Gasteiger partial charge in [0.2, 0.25) is 0 Å². The third kappa shape index (κ3) is 6.09. The fraction of sp³-hybridized carbons (Fsp3) is 0.364. The lowest BCUT2D eigenvalue weighted by Gasteiger charge is -2.17. The molecule has 0 radical (unpaired) electrons. The summed E-state index contributed by atoms with van der Waals surface area (Å²) in [5, 5.41) is 11.7. The predicted molar refractivity (Wildman–Crippen MR) is 114 cm³/mol. The van der Waals surface area contributed by atoms with Gasteiger partial charge in [0.15, 0.2) is 6.10 Å². The molecule has 2 aromatic rings. The van der Waals surface area contributed by atoms with E-state index in [0.717, 1.165) is 10.0 Å². The Morgan fingerprint density at radius 1 is 1.04 bits per heavy atom. The van der Waals surface area contributed by atoms with E-state index in [1.807, 2.05) is 37.3 Å². The largest absolute Gasteiger partial charge is 0.481 e. The summed E-state index contributed by atoms with van der Waals surface area (Å²) in [7, 11) is 0. The summed E-state index contributed by atoms with van der Waals surface area (Å²) in [5.74, 6) is -0.151. The molecule has 2 aromatic carbocycles. The lowest BCUT2D eigenvalue weighted by Crippen LogP contribution is -2.30. The average molecular weight is 448 g/mol. The number of halogens is 1. The topological polar surface area (TPSA) is 75.6 Å². The monoisotopic (exact) mass is 447 g/mol. The van der Waals surface area contributed by atoms with Gasteiger partial charge in [-0.15, -0.1) is 0 Å². The Balaban J connectivity index is 1.98. The summed E-state index contributed by atoms with van der Waals surface area (Å²) in [6.45, 7) is 7.79. The Morgan fingerprint density at radius 2 is 1.64 bits per heavy atom. The maximum atomic E-state index is 12.4. The molecule has 0 aliphatic rings. The standard InChI is InChI=1S/C22H26BrNO4/c1-13(2)17-7-10-20(19(23)12-17)28-15(4)22(27)24-18-8-5-16(6-9-18)14(3)11-21(25)26/h5-10,12-15H,11H2,1-4H3,(H,24,27)(H,25,26). The van der Waals surface area contributed by atoms with Crippen molar-refractivity contribution in [2.75, 3.05) is 5.32 Å². The van der Waals surface area contributed by atoms with Gasteiger partial charge < -0.3 is 15.2 Å². The predicted octanol–water partition coefficient (Wildman–Crippen LogP) is 5.56. The third-order valence-electron chi connectivity index (χ3n) is 4.52. The molecule has 0 aliphatic carbocycles. The smallest absolute Gasteiger partial charge is 0.303 e. The van der Waals surface area contributed by atoms with Crippen molar-refractivity contribution in [2.45, 2.75) is 52.1 Å². The molecule has 0 aromatic heterocycles. The Morgan fingerprint density at radius 3 is 2.18 bits per heavy atom. The van der Waals surface area contributed by atoms with Crippen LogP contribution in [-0.4, -0.2) is 23.1 Å². The number of hydrogen-bond donors (Lipinski definition) is 2. The number of carboxylic acids is 1. The van der Waals surface area contributed by atoms with Crippen LogP contribution in [0.2, 0.25) is 0 Å². The summed E-state index contributed by atoms with van der Waals surface area (Å²) in [5.41, 5.74) is 2.74. The maximum absolute atomic E-state index is 12.4. The highest BCUT2D eigenvalue weighted by Gasteiger charge is 2.17. The van der Waals surface area contributed by atoms with E-state index in [9.17, 15) is 9.59 Å². The Bertz CT molecular complexity index is 833. The van der Waals surface area contributed by atoms with Crippen LogP contribution in [0.3, 0.4) is 0 Å². The van der Waals surface area contributed by atoms with E-state index in [2.05, 4.69) is 35.1 Å². The summed E-state index contributed by atoms with van der Waals surface area (Å²) in [6.07, 6.45) is -0.604. The molecule has 1 amide bonds. The third-order valence-corrected chi connectivity index (χ3v) is 5.14. The van der Waals surface area contributed by atoms with Gasteiger partial charge in [-0.2, -0.15) is 0 Å². The number of ether oxygens (including phenoxy) is 1. The first-order valence-electron chi connectivity index (χ1n) is 9.26. The van der Waals surface area contributed by atoms with E-state index in [1.54, 1.807) is 19.1 Å². The second kappa shape index (κ2) is 9.73. The van der Waals surface area contributed by atoms with Crippen LogP contribution in [-0.2, 0) is 9.59 Å². The Kier molecular flexibility index (Phi) is 7.63. The fourth-order valence-electron chi connectivity index (χ4n) is 2.73. The molecule has 0 heterocycles. The minimum atomic E-state index is -0.830. The molecule has 0 saturated heterocycles. The van der Waals surface area contributed by atoms with E-state index in [1.165, 1.54) is 5.56 Å². The van der Waals surface area contributed by atoms with Crippen LogP contribution in [0.25, 0.3) is 0 Å². The van der Waals surface area contributed by atoms with Gasteiger partial charge in [0.1, 0.15) is 5.75 Å². The van der Waals surface area contributed by atoms with Gasteiger partial charge in [0.05, 0.1) is 10.9 Å². The van der Waals surface area contributed by atoms with Crippen molar-refractivity contribution in [2.24, 2.45) is 0 Å². The van der Waals surface area contributed by atoms with Gasteiger partial charge >= 0.3 is 5.97 Å². The number of hydrogen-bond acceptors (Lipinski definition) is 3. The van der Waals surface area contributed by atoms with Gasteiger partial charge in [0.25, 0.3) is 5.91 Å². The van der Waals surface area contributed by atoms with Crippen LogP contribution in [0.15, 0.2) is 46.9 Å². The number of anilines is 1. The molecule has 5 nitrogen and oxygen atoms in total. The van der Waals surface area contributed by atoms with Crippen molar-refractivity contribution < 1.29 is 19.4 Å². The zero-order valence-electron chi connectivity index (χ0n) is 16.5. The number of benzene rings is 2. The number of aliphatic carboxylic acids is 1. The number of rotatable bonds is 8. The molecular weight excluding hydrogens is 422 g/mol. The molecule has 2 unspecified atom stereocenters. The lowest BCUT2D eigenvalue weighted by atomic mass is 9.98. The zero-order chi connectivity index (χ0) is 20.8. The first kappa shape index (κ1) is 22.0. The number of carbonyl (C=O) groups is 2. The van der Waals surface area contributed by atoms with E-state index in [0.29, 0.717) is 17.4 Å². The lowest BCUT2D eigenvalue weighted by molar-refractivity contribution is -0.137. The number of carboxylic acid groups (broad SMARTS) is 1. The first-order chi connectivity index (χ1) is 13.2. The molecule has 2 N–H and O–H groups in total. The Hall–Kier alpha value is -2.34. The van der Waals surface area contributed by atoms with Gasteiger partial charge in [-0.3, -0.25) is 9.59 Å². The van der Waals surface area contributed by atoms with E-state index in [4.69, 9.17) is 9.84 Å². The van der Waals surface area contributed by atoms with Gasteiger partial charge in [-0.05, 0) is 70.1 Å². The van der Waals surface area contributed by atoms with Crippen LogP contribution in [0.1, 0.15) is 57.1 Å². The summed E-state index contributed by atoms with van der Waals surface area (Å²) in [4.78, 5) is 23.3. The fourth-order valence-corrected chi connectivity index (χ4v) is 3.22. The molecule has 2 atom stereocenters. The molecule has 0 saturated carbocycles. The molecule has 0 bridgehead atoms. The highest BCUT2D eigenvalue weighted by Crippen LogP contribution is 2.30. The van der Waals surface area contributed by atoms with Crippen molar-refractivity contribution >= 4 is 33.5 Å².